The molecule has 0 heterocycles. The van der Waals surface area contributed by atoms with Gasteiger partial charge in [-0.25, -0.2) is 0 Å². The van der Waals surface area contributed by atoms with E-state index in [9.17, 15) is 0 Å². The summed E-state index contributed by atoms with van der Waals surface area (Å²) in [6.45, 7) is 6.60. The summed E-state index contributed by atoms with van der Waals surface area (Å²) in [5, 5.41) is 0.528. The summed E-state index contributed by atoms with van der Waals surface area (Å²) >= 11 is 0. The van der Waals surface area contributed by atoms with Gasteiger partial charge in [0.25, 0.3) is 0 Å². The van der Waals surface area contributed by atoms with Crippen molar-refractivity contribution in [1.29, 1.82) is 0 Å². The lowest BCUT2D eigenvalue weighted by atomic mass is 10.3. The van der Waals surface area contributed by atoms with Crippen molar-refractivity contribution in [2.75, 3.05) is 0 Å². The maximum absolute atomic E-state index is 2.20. The van der Waals surface area contributed by atoms with Crippen LogP contribution in [0.3, 0.4) is 0 Å². The first-order valence-corrected chi connectivity index (χ1v) is 2.56. The molecule has 0 rings (SSSR count). The van der Waals surface area contributed by atoms with E-state index in [1.165, 1.54) is 0 Å². The van der Waals surface area contributed by atoms with E-state index in [1.807, 2.05) is 9.24 Å². The second-order valence-corrected chi connectivity index (χ2v) is 4.68. The van der Waals surface area contributed by atoms with Crippen molar-refractivity contribution in [2.24, 2.45) is 0 Å². The third kappa shape index (κ3) is 141. The molecule has 0 saturated heterocycles. The Kier molecular flexibility index (Phi) is 1.37. The van der Waals surface area contributed by atoms with Gasteiger partial charge in [0, 0.05) is 0 Å². The lowest BCUT2D eigenvalue weighted by Crippen LogP contribution is -1.97. The van der Waals surface area contributed by atoms with Crippen molar-refractivity contribution in [2.45, 2.75) is 25.9 Å². The maximum Gasteiger partial charge on any atom is 0.0648 e. The molecule has 0 aliphatic heterocycles. The van der Waals surface area contributed by atoms with E-state index in [4.69, 9.17) is 0 Å². The van der Waals surface area contributed by atoms with Crippen LogP contribution in [0.15, 0.2) is 0 Å². The summed E-state index contributed by atoms with van der Waals surface area (Å²) in [5.74, 6) is 0. The average Bonchev–Trinajstić information content (AvgIpc) is 0.722. The van der Waals surface area contributed by atoms with Crippen LogP contribution < -0.4 is 0 Å². The van der Waals surface area contributed by atoms with E-state index in [0.717, 1.165) is 0 Å². The van der Waals surface area contributed by atoms with E-state index in [0.29, 0.717) is 5.16 Å². The van der Waals surface area contributed by atoms with Gasteiger partial charge in [0.15, 0.2) is 0 Å². The Morgan fingerprint density at radius 2 is 1.20 bits per heavy atom. The lowest BCUT2D eigenvalue weighted by molar-refractivity contribution is 0.804. The van der Waals surface area contributed by atoms with Gasteiger partial charge in [0.1, 0.15) is 0 Å². The summed E-state index contributed by atoms with van der Waals surface area (Å²) in [5.41, 5.74) is 0. The first-order chi connectivity index (χ1) is 2.00. The van der Waals surface area contributed by atoms with Crippen LogP contribution in [0, 0.1) is 0 Å². The molecule has 0 aromatic carbocycles. The fraction of sp³-hybridized carbons (Fsp3) is 1.00. The standard InChI is InChI=1S/C4H11P/c1-4(2,3)5/h5H2,1-3H3/p+1. The fourth-order valence-corrected chi connectivity index (χ4v) is 0. The Morgan fingerprint density at radius 3 is 1.20 bits per heavy atom. The zero-order chi connectivity index (χ0) is 4.50. The third-order valence-corrected chi connectivity index (χ3v) is 0. The van der Waals surface area contributed by atoms with Gasteiger partial charge in [-0.15, -0.1) is 0 Å². The molecular formula is C4H12P+. The van der Waals surface area contributed by atoms with Gasteiger partial charge in [-0.1, -0.05) is 0 Å². The second kappa shape index (κ2) is 1.26. The topological polar surface area (TPSA) is 0 Å². The zero-order valence-electron chi connectivity index (χ0n) is 4.21. The van der Waals surface area contributed by atoms with Crippen molar-refractivity contribution < 1.29 is 0 Å². The highest BCUT2D eigenvalue weighted by atomic mass is 31.0. The van der Waals surface area contributed by atoms with Gasteiger partial charge >= 0.3 is 0 Å². The maximum atomic E-state index is 2.20. The van der Waals surface area contributed by atoms with E-state index < -0.39 is 0 Å². The molecule has 0 aliphatic rings. The quantitative estimate of drug-likeness (QED) is 0.395. The Balaban J connectivity index is 3.02. The fourth-order valence-electron chi connectivity index (χ4n) is 0. The molecule has 0 aromatic heterocycles. The molecule has 0 saturated carbocycles. The van der Waals surface area contributed by atoms with Crippen molar-refractivity contribution in [3.63, 3.8) is 0 Å². The molecule has 0 fully saturated rings. The molecule has 1 atom stereocenters. The highest BCUT2D eigenvalue weighted by Crippen LogP contribution is 2.12. The highest BCUT2D eigenvalue weighted by Gasteiger charge is 2.02. The van der Waals surface area contributed by atoms with Crippen LogP contribution >= 0.6 is 9.24 Å². The van der Waals surface area contributed by atoms with Crippen LogP contribution in [0.4, 0.5) is 0 Å². The predicted octanol–water partition coefficient (Wildman–Crippen LogP) is 1.39. The molecule has 1 heteroatoms. The summed E-state index contributed by atoms with van der Waals surface area (Å²) < 4.78 is 0. The minimum atomic E-state index is 0.528. The number of rotatable bonds is 0. The van der Waals surface area contributed by atoms with Gasteiger partial charge in [-0.3, -0.25) is 0 Å². The molecule has 32 valence electrons. The van der Waals surface area contributed by atoms with Crippen molar-refractivity contribution in [3.05, 3.63) is 0 Å². The summed E-state index contributed by atoms with van der Waals surface area (Å²) in [7, 11) is 2.01. The largest absolute Gasteiger partial charge is 0.0648 e. The van der Waals surface area contributed by atoms with E-state index in [1.54, 1.807) is 0 Å². The van der Waals surface area contributed by atoms with Crippen molar-refractivity contribution in [1.82, 2.24) is 0 Å². The van der Waals surface area contributed by atoms with Crippen LogP contribution in [0.5, 0.6) is 0 Å². The van der Waals surface area contributed by atoms with Crippen LogP contribution in [0.1, 0.15) is 20.8 Å². The molecule has 0 radical (unpaired) electrons. The van der Waals surface area contributed by atoms with Crippen LogP contribution in [-0.4, -0.2) is 5.16 Å². The van der Waals surface area contributed by atoms with Gasteiger partial charge in [-0.05, 0) is 30.0 Å². The van der Waals surface area contributed by atoms with Crippen LogP contribution in [0.25, 0.3) is 0 Å². The zero-order valence-corrected chi connectivity index (χ0v) is 5.62. The van der Waals surface area contributed by atoms with E-state index in [-0.39, 0.29) is 0 Å². The van der Waals surface area contributed by atoms with Crippen LogP contribution in [0.2, 0.25) is 0 Å². The van der Waals surface area contributed by atoms with Crippen LogP contribution in [-0.2, 0) is 0 Å². The molecular weight excluding hydrogens is 79.0 g/mol. The van der Waals surface area contributed by atoms with Gasteiger partial charge in [-0.2, -0.15) is 0 Å². The normalized spacial score (nSPS) is 12.6. The summed E-state index contributed by atoms with van der Waals surface area (Å²) in [6, 6.07) is 0. The van der Waals surface area contributed by atoms with Crippen molar-refractivity contribution in [3.8, 4) is 0 Å². The summed E-state index contributed by atoms with van der Waals surface area (Å²) in [6.07, 6.45) is 0. The molecule has 0 N–H and O–H groups in total. The monoisotopic (exact) mass is 91.1 g/mol. The van der Waals surface area contributed by atoms with Gasteiger partial charge in [0.05, 0.1) is 5.16 Å². The highest BCUT2D eigenvalue weighted by molar-refractivity contribution is 7.18. The SMILES string of the molecule is CC(C)(C)[PH3+]. The number of hydrogen-bond donors (Lipinski definition) is 0. The molecule has 0 nitrogen and oxygen atoms in total. The van der Waals surface area contributed by atoms with Crippen molar-refractivity contribution >= 4 is 9.24 Å². The third-order valence-electron chi connectivity index (χ3n) is 0. The molecule has 0 spiro atoms. The Hall–Kier alpha value is 0.430. The molecule has 0 aromatic rings. The molecule has 5 heavy (non-hydrogen) atoms. The molecule has 0 amide bonds. The second-order valence-electron chi connectivity index (χ2n) is 2.56. The Labute approximate surface area is 36.2 Å². The van der Waals surface area contributed by atoms with E-state index >= 15 is 0 Å². The molecule has 0 bridgehead atoms. The first kappa shape index (κ1) is 5.43. The minimum Gasteiger partial charge on any atom is -0.0264 e. The number of hydrogen-bond acceptors (Lipinski definition) is 0. The van der Waals surface area contributed by atoms with Gasteiger partial charge < -0.3 is 0 Å². The Morgan fingerprint density at radius 1 is 1.20 bits per heavy atom. The predicted molar refractivity (Wildman–Crippen MR) is 30.9 cm³/mol. The smallest absolute Gasteiger partial charge is 0.0264 e. The average molecular weight is 91.1 g/mol. The summed E-state index contributed by atoms with van der Waals surface area (Å²) in [4.78, 5) is 0. The molecule has 0 aliphatic carbocycles. The molecule has 1 unspecified atom stereocenters. The Bertz CT molecular complexity index is 19.1. The van der Waals surface area contributed by atoms with Gasteiger partial charge in [0.2, 0.25) is 0 Å². The van der Waals surface area contributed by atoms with E-state index in [2.05, 4.69) is 20.8 Å². The minimum absolute atomic E-state index is 0.528. The first-order valence-electron chi connectivity index (χ1n) is 1.85. The lowest BCUT2D eigenvalue weighted by Gasteiger charge is -1.98.